The van der Waals surface area contributed by atoms with Crippen molar-refractivity contribution in [3.8, 4) is 0 Å². The molecule has 0 unspecified atom stereocenters. The number of hydrogen-bond donors (Lipinski definition) is 1. The SMILES string of the molecule is C[C@H]1CN(C(=O)c2ccc3c(c2)CCN(C)C3)C[C@@H]1NC(=O)c1ccc(Cl)s1. The van der Waals surface area contributed by atoms with Crippen molar-refractivity contribution in [1.29, 1.82) is 0 Å². The molecular formula is C21H24ClN3O2S. The summed E-state index contributed by atoms with van der Waals surface area (Å²) in [5.41, 5.74) is 3.32. The topological polar surface area (TPSA) is 52.7 Å². The third-order valence-corrected chi connectivity index (χ3v) is 6.90. The first kappa shape index (κ1) is 19.4. The summed E-state index contributed by atoms with van der Waals surface area (Å²) in [5, 5.41) is 3.06. The van der Waals surface area contributed by atoms with Crippen molar-refractivity contribution in [2.75, 3.05) is 26.7 Å². The molecule has 0 bridgehead atoms. The van der Waals surface area contributed by atoms with E-state index in [2.05, 4.69) is 36.3 Å². The minimum atomic E-state index is -0.124. The molecule has 5 nitrogen and oxygen atoms in total. The van der Waals surface area contributed by atoms with Gasteiger partial charge < -0.3 is 15.1 Å². The van der Waals surface area contributed by atoms with Crippen LogP contribution in [-0.2, 0) is 13.0 Å². The van der Waals surface area contributed by atoms with Gasteiger partial charge >= 0.3 is 0 Å². The lowest BCUT2D eigenvalue weighted by atomic mass is 9.97. The molecule has 1 aromatic carbocycles. The van der Waals surface area contributed by atoms with Gasteiger partial charge in [0.05, 0.1) is 15.3 Å². The highest BCUT2D eigenvalue weighted by atomic mass is 35.5. The number of amides is 2. The van der Waals surface area contributed by atoms with Crippen LogP contribution in [0.25, 0.3) is 0 Å². The van der Waals surface area contributed by atoms with Crippen LogP contribution in [0.4, 0.5) is 0 Å². The zero-order valence-electron chi connectivity index (χ0n) is 16.1. The predicted molar refractivity (Wildman–Crippen MR) is 112 cm³/mol. The third-order valence-electron chi connectivity index (χ3n) is 5.67. The molecule has 4 rings (SSSR count). The fourth-order valence-corrected chi connectivity index (χ4v) is 4.95. The Hall–Kier alpha value is -1.89. The van der Waals surface area contributed by atoms with Gasteiger partial charge in [0, 0.05) is 31.7 Å². The van der Waals surface area contributed by atoms with E-state index in [0.717, 1.165) is 25.1 Å². The van der Waals surface area contributed by atoms with E-state index in [1.54, 1.807) is 12.1 Å². The summed E-state index contributed by atoms with van der Waals surface area (Å²) in [6.45, 7) is 5.21. The maximum absolute atomic E-state index is 13.0. The molecule has 3 heterocycles. The van der Waals surface area contributed by atoms with Crippen LogP contribution in [0, 0.1) is 5.92 Å². The number of benzene rings is 1. The first-order valence-corrected chi connectivity index (χ1v) is 10.8. The Balaban J connectivity index is 1.43. The van der Waals surface area contributed by atoms with Crippen LogP contribution in [0.3, 0.4) is 0 Å². The number of carbonyl (C=O) groups excluding carboxylic acids is 2. The Labute approximate surface area is 174 Å². The van der Waals surface area contributed by atoms with Gasteiger partial charge in [-0.1, -0.05) is 24.6 Å². The molecule has 148 valence electrons. The van der Waals surface area contributed by atoms with Crippen molar-refractivity contribution in [2.24, 2.45) is 5.92 Å². The van der Waals surface area contributed by atoms with Crippen LogP contribution >= 0.6 is 22.9 Å². The monoisotopic (exact) mass is 417 g/mol. The second-order valence-electron chi connectivity index (χ2n) is 7.84. The molecular weight excluding hydrogens is 394 g/mol. The Morgan fingerprint density at radius 3 is 2.75 bits per heavy atom. The number of rotatable bonds is 3. The average molecular weight is 418 g/mol. The average Bonchev–Trinajstić information content (AvgIpc) is 3.27. The largest absolute Gasteiger partial charge is 0.346 e. The van der Waals surface area contributed by atoms with Crippen LogP contribution in [0.2, 0.25) is 4.34 Å². The number of likely N-dealkylation sites (tertiary alicyclic amines) is 1. The molecule has 7 heteroatoms. The Bertz CT molecular complexity index is 913. The van der Waals surface area contributed by atoms with Crippen LogP contribution in [0.15, 0.2) is 30.3 Å². The zero-order valence-corrected chi connectivity index (χ0v) is 17.6. The molecule has 1 N–H and O–H groups in total. The number of carbonyl (C=O) groups is 2. The summed E-state index contributed by atoms with van der Waals surface area (Å²) in [5.74, 6) is 0.125. The fraction of sp³-hybridized carbons (Fsp3) is 0.429. The molecule has 2 atom stereocenters. The third kappa shape index (κ3) is 3.95. The molecule has 1 aromatic heterocycles. The lowest BCUT2D eigenvalue weighted by Gasteiger charge is -2.25. The quantitative estimate of drug-likeness (QED) is 0.833. The normalized spacial score (nSPS) is 22.2. The fourth-order valence-electron chi connectivity index (χ4n) is 4.01. The first-order chi connectivity index (χ1) is 13.4. The van der Waals surface area contributed by atoms with Gasteiger partial charge in [-0.3, -0.25) is 9.59 Å². The van der Waals surface area contributed by atoms with E-state index in [9.17, 15) is 9.59 Å². The minimum absolute atomic E-state index is 0.0458. The Morgan fingerprint density at radius 1 is 1.18 bits per heavy atom. The van der Waals surface area contributed by atoms with Gasteiger partial charge in [-0.2, -0.15) is 0 Å². The number of hydrogen-bond acceptors (Lipinski definition) is 4. The van der Waals surface area contributed by atoms with Crippen LogP contribution in [-0.4, -0.2) is 54.3 Å². The molecule has 2 amide bonds. The summed E-state index contributed by atoms with van der Waals surface area (Å²) in [6, 6.07) is 9.47. The van der Waals surface area contributed by atoms with Crippen molar-refractivity contribution < 1.29 is 9.59 Å². The van der Waals surface area contributed by atoms with Crippen LogP contribution in [0.1, 0.15) is 38.1 Å². The van der Waals surface area contributed by atoms with E-state index in [-0.39, 0.29) is 23.8 Å². The molecule has 0 aliphatic carbocycles. The van der Waals surface area contributed by atoms with E-state index >= 15 is 0 Å². The Morgan fingerprint density at radius 2 is 2.00 bits per heavy atom. The van der Waals surface area contributed by atoms with E-state index in [4.69, 9.17) is 11.6 Å². The summed E-state index contributed by atoms with van der Waals surface area (Å²) in [4.78, 5) is 30.2. The number of thiophene rings is 1. The second kappa shape index (κ2) is 7.85. The summed E-state index contributed by atoms with van der Waals surface area (Å²) in [6.07, 6.45) is 0.978. The maximum Gasteiger partial charge on any atom is 0.261 e. The van der Waals surface area contributed by atoms with Gasteiger partial charge in [-0.05, 0) is 54.8 Å². The van der Waals surface area contributed by atoms with Gasteiger partial charge in [0.15, 0.2) is 0 Å². The lowest BCUT2D eigenvalue weighted by Crippen LogP contribution is -2.40. The van der Waals surface area contributed by atoms with Crippen molar-refractivity contribution in [3.63, 3.8) is 0 Å². The molecule has 2 aliphatic rings. The first-order valence-electron chi connectivity index (χ1n) is 9.56. The highest BCUT2D eigenvalue weighted by molar-refractivity contribution is 7.18. The molecule has 1 fully saturated rings. The van der Waals surface area contributed by atoms with E-state index in [0.29, 0.717) is 22.3 Å². The summed E-state index contributed by atoms with van der Waals surface area (Å²) in [7, 11) is 2.12. The molecule has 1 saturated heterocycles. The lowest BCUT2D eigenvalue weighted by molar-refractivity contribution is 0.0781. The molecule has 0 saturated carbocycles. The molecule has 2 aromatic rings. The number of nitrogens with zero attached hydrogens (tertiary/aromatic N) is 2. The van der Waals surface area contributed by atoms with E-state index in [1.165, 1.54) is 22.5 Å². The smallest absolute Gasteiger partial charge is 0.261 e. The summed E-state index contributed by atoms with van der Waals surface area (Å²) < 4.78 is 0.597. The second-order valence-corrected chi connectivity index (χ2v) is 9.56. The van der Waals surface area contributed by atoms with Crippen molar-refractivity contribution >= 4 is 34.8 Å². The zero-order chi connectivity index (χ0) is 19.8. The Kier molecular flexibility index (Phi) is 5.45. The van der Waals surface area contributed by atoms with Crippen molar-refractivity contribution in [1.82, 2.24) is 15.1 Å². The van der Waals surface area contributed by atoms with Crippen LogP contribution in [0.5, 0.6) is 0 Å². The number of likely N-dealkylation sites (N-methyl/N-ethyl adjacent to an activating group) is 1. The van der Waals surface area contributed by atoms with Gasteiger partial charge in [-0.25, -0.2) is 0 Å². The molecule has 2 aliphatic heterocycles. The standard InChI is InChI=1S/C21H24ClN3O2S/c1-13-10-25(12-17(13)23-20(26)18-5-6-19(22)28-18)21(27)15-3-4-16-11-24(2)8-7-14(16)9-15/h3-6,9,13,17H,7-8,10-12H2,1-2H3,(H,23,26)/t13-,17-/m0/s1. The van der Waals surface area contributed by atoms with E-state index in [1.807, 2.05) is 11.0 Å². The summed E-state index contributed by atoms with van der Waals surface area (Å²) >= 11 is 7.19. The van der Waals surface area contributed by atoms with Crippen molar-refractivity contribution in [2.45, 2.75) is 25.9 Å². The highest BCUT2D eigenvalue weighted by Gasteiger charge is 2.34. The maximum atomic E-state index is 13.0. The van der Waals surface area contributed by atoms with Crippen molar-refractivity contribution in [3.05, 3.63) is 56.2 Å². The van der Waals surface area contributed by atoms with Gasteiger partial charge in [0.2, 0.25) is 0 Å². The predicted octanol–water partition coefficient (Wildman–Crippen LogP) is 3.28. The molecule has 28 heavy (non-hydrogen) atoms. The molecule has 0 spiro atoms. The van der Waals surface area contributed by atoms with Gasteiger partial charge in [0.25, 0.3) is 11.8 Å². The van der Waals surface area contributed by atoms with Gasteiger partial charge in [-0.15, -0.1) is 11.3 Å². The molecule has 0 radical (unpaired) electrons. The number of halogens is 1. The number of fused-ring (bicyclic) bond motifs is 1. The van der Waals surface area contributed by atoms with E-state index < -0.39 is 0 Å². The highest BCUT2D eigenvalue weighted by Crippen LogP contribution is 2.25. The van der Waals surface area contributed by atoms with Gasteiger partial charge in [0.1, 0.15) is 0 Å². The number of nitrogens with one attached hydrogen (secondary N) is 1. The minimum Gasteiger partial charge on any atom is -0.346 e. The van der Waals surface area contributed by atoms with Crippen LogP contribution < -0.4 is 5.32 Å².